The monoisotopic (exact) mass is 183 g/mol. The summed E-state index contributed by atoms with van der Waals surface area (Å²) in [4.78, 5) is 0. The summed E-state index contributed by atoms with van der Waals surface area (Å²) in [6.07, 6.45) is 0. The van der Waals surface area contributed by atoms with Crippen molar-refractivity contribution < 1.29 is 9.13 Å². The van der Waals surface area contributed by atoms with Gasteiger partial charge in [-0.2, -0.15) is 0 Å². The molecule has 0 aliphatic carbocycles. The molecule has 0 atom stereocenters. The molecular weight excluding hydrogens is 169 g/mol. The Morgan fingerprint density at radius 3 is 2.92 bits per heavy atom. The highest BCUT2D eigenvalue weighted by atomic mass is 19.1. The number of methoxy groups -OCH3 is 1. The van der Waals surface area contributed by atoms with Gasteiger partial charge in [0.2, 0.25) is 0 Å². The molecule has 1 aromatic rings. The fourth-order valence-corrected chi connectivity index (χ4v) is 1.06. The van der Waals surface area contributed by atoms with Crippen molar-refractivity contribution in [1.82, 2.24) is 0 Å². The summed E-state index contributed by atoms with van der Waals surface area (Å²) in [6, 6.07) is 4.99. The number of anilines is 1. The summed E-state index contributed by atoms with van der Waals surface area (Å²) >= 11 is 0. The van der Waals surface area contributed by atoms with Crippen LogP contribution in [0.15, 0.2) is 18.2 Å². The maximum absolute atomic E-state index is 13.1. The smallest absolute Gasteiger partial charge is 0.146 e. The van der Waals surface area contributed by atoms with Gasteiger partial charge in [-0.05, 0) is 24.6 Å². The molecule has 0 spiro atoms. The van der Waals surface area contributed by atoms with Crippen molar-refractivity contribution >= 4 is 5.69 Å². The van der Waals surface area contributed by atoms with Gasteiger partial charge in [-0.3, -0.25) is 0 Å². The summed E-state index contributed by atoms with van der Waals surface area (Å²) < 4.78 is 17.9. The lowest BCUT2D eigenvalue weighted by atomic mass is 10.2. The first-order valence-electron chi connectivity index (χ1n) is 4.23. The van der Waals surface area contributed by atoms with Crippen LogP contribution in [0.5, 0.6) is 0 Å². The van der Waals surface area contributed by atoms with E-state index in [9.17, 15) is 4.39 Å². The van der Waals surface area contributed by atoms with Crippen molar-refractivity contribution in [2.45, 2.75) is 6.92 Å². The summed E-state index contributed by atoms with van der Waals surface area (Å²) in [7, 11) is 1.62. The lowest BCUT2D eigenvalue weighted by Crippen LogP contribution is -2.08. The quantitative estimate of drug-likeness (QED) is 0.722. The van der Waals surface area contributed by atoms with Gasteiger partial charge in [0.25, 0.3) is 0 Å². The average molecular weight is 183 g/mol. The molecule has 0 radical (unpaired) electrons. The Bertz CT molecular complexity index is 276. The van der Waals surface area contributed by atoms with Gasteiger partial charge in [0.15, 0.2) is 0 Å². The second-order valence-electron chi connectivity index (χ2n) is 2.90. The van der Waals surface area contributed by atoms with Gasteiger partial charge in [0.1, 0.15) is 5.82 Å². The van der Waals surface area contributed by atoms with Crippen LogP contribution in [0.4, 0.5) is 10.1 Å². The molecule has 1 N–H and O–H groups in total. The largest absolute Gasteiger partial charge is 0.383 e. The Kier molecular flexibility index (Phi) is 3.71. The maximum atomic E-state index is 13.1. The van der Waals surface area contributed by atoms with Crippen LogP contribution in [-0.4, -0.2) is 20.3 Å². The minimum absolute atomic E-state index is 0.221. The molecular formula is C10H14FNO. The molecule has 72 valence electrons. The number of hydrogen-bond acceptors (Lipinski definition) is 2. The number of halogens is 1. The molecule has 13 heavy (non-hydrogen) atoms. The molecule has 2 nitrogen and oxygen atoms in total. The zero-order chi connectivity index (χ0) is 9.68. The van der Waals surface area contributed by atoms with E-state index >= 15 is 0 Å². The zero-order valence-corrected chi connectivity index (χ0v) is 7.93. The molecule has 0 saturated carbocycles. The topological polar surface area (TPSA) is 21.3 Å². The summed E-state index contributed by atoms with van der Waals surface area (Å²) in [6.45, 7) is 3.13. The average Bonchev–Trinajstić information content (AvgIpc) is 2.11. The van der Waals surface area contributed by atoms with E-state index in [0.717, 1.165) is 5.56 Å². The van der Waals surface area contributed by atoms with Gasteiger partial charge in [-0.25, -0.2) is 4.39 Å². The first-order chi connectivity index (χ1) is 6.24. The predicted octanol–water partition coefficient (Wildman–Crippen LogP) is 2.19. The second kappa shape index (κ2) is 4.82. The normalized spacial score (nSPS) is 10.1. The van der Waals surface area contributed by atoms with E-state index in [2.05, 4.69) is 5.32 Å². The number of ether oxygens (including phenoxy) is 1. The van der Waals surface area contributed by atoms with Crippen LogP contribution in [0, 0.1) is 12.7 Å². The van der Waals surface area contributed by atoms with Crippen molar-refractivity contribution in [2.75, 3.05) is 25.6 Å². The van der Waals surface area contributed by atoms with Gasteiger partial charge in [-0.1, -0.05) is 6.07 Å². The van der Waals surface area contributed by atoms with E-state index in [1.807, 2.05) is 6.92 Å². The van der Waals surface area contributed by atoms with Crippen molar-refractivity contribution in [3.8, 4) is 0 Å². The number of nitrogens with one attached hydrogen (secondary N) is 1. The predicted molar refractivity (Wildman–Crippen MR) is 51.5 cm³/mol. The molecule has 0 aliphatic rings. The highest BCUT2D eigenvalue weighted by molar-refractivity contribution is 5.46. The molecule has 3 heteroatoms. The lowest BCUT2D eigenvalue weighted by Gasteiger charge is -2.07. The highest BCUT2D eigenvalue weighted by Gasteiger charge is 1.99. The SMILES string of the molecule is COCCNc1cc(C)ccc1F. The van der Waals surface area contributed by atoms with Gasteiger partial charge in [0.05, 0.1) is 12.3 Å². The van der Waals surface area contributed by atoms with E-state index in [1.54, 1.807) is 19.2 Å². The lowest BCUT2D eigenvalue weighted by molar-refractivity contribution is 0.210. The van der Waals surface area contributed by atoms with E-state index in [-0.39, 0.29) is 5.82 Å². The molecule has 0 aliphatic heterocycles. The first kappa shape index (κ1) is 9.99. The standard InChI is InChI=1S/C10H14FNO/c1-8-3-4-9(11)10(7-8)12-5-6-13-2/h3-4,7,12H,5-6H2,1-2H3. The third-order valence-corrected chi connectivity index (χ3v) is 1.74. The van der Waals surface area contributed by atoms with Crippen molar-refractivity contribution in [3.63, 3.8) is 0 Å². The van der Waals surface area contributed by atoms with Crippen LogP contribution in [0.2, 0.25) is 0 Å². The number of hydrogen-bond donors (Lipinski definition) is 1. The summed E-state index contributed by atoms with van der Waals surface area (Å²) in [5.74, 6) is -0.221. The van der Waals surface area contributed by atoms with Crippen LogP contribution in [0.25, 0.3) is 0 Å². The van der Waals surface area contributed by atoms with Crippen LogP contribution in [-0.2, 0) is 4.74 Å². The van der Waals surface area contributed by atoms with Crippen LogP contribution in [0.3, 0.4) is 0 Å². The molecule has 0 fully saturated rings. The van der Waals surface area contributed by atoms with Crippen molar-refractivity contribution in [1.29, 1.82) is 0 Å². The van der Waals surface area contributed by atoms with Gasteiger partial charge in [0, 0.05) is 13.7 Å². The zero-order valence-electron chi connectivity index (χ0n) is 7.93. The minimum Gasteiger partial charge on any atom is -0.383 e. The Morgan fingerprint density at radius 2 is 2.23 bits per heavy atom. The van der Waals surface area contributed by atoms with E-state index < -0.39 is 0 Å². The molecule has 0 heterocycles. The molecule has 0 amide bonds. The third-order valence-electron chi connectivity index (χ3n) is 1.74. The van der Waals surface area contributed by atoms with E-state index in [0.29, 0.717) is 18.8 Å². The Labute approximate surface area is 77.7 Å². The number of benzene rings is 1. The Balaban J connectivity index is 2.59. The van der Waals surface area contributed by atoms with Crippen LogP contribution >= 0.6 is 0 Å². The van der Waals surface area contributed by atoms with Gasteiger partial charge >= 0.3 is 0 Å². The van der Waals surface area contributed by atoms with Gasteiger partial charge in [-0.15, -0.1) is 0 Å². The Morgan fingerprint density at radius 1 is 1.46 bits per heavy atom. The van der Waals surface area contributed by atoms with Crippen molar-refractivity contribution in [2.24, 2.45) is 0 Å². The fourth-order valence-electron chi connectivity index (χ4n) is 1.06. The van der Waals surface area contributed by atoms with E-state index in [4.69, 9.17) is 4.74 Å². The fraction of sp³-hybridized carbons (Fsp3) is 0.400. The third kappa shape index (κ3) is 3.03. The molecule has 1 aromatic carbocycles. The summed E-state index contributed by atoms with van der Waals surface area (Å²) in [5, 5.41) is 2.95. The molecule has 0 saturated heterocycles. The highest BCUT2D eigenvalue weighted by Crippen LogP contribution is 2.14. The number of aryl methyl sites for hydroxylation is 1. The molecule has 0 unspecified atom stereocenters. The first-order valence-corrected chi connectivity index (χ1v) is 4.23. The van der Waals surface area contributed by atoms with Crippen LogP contribution < -0.4 is 5.32 Å². The van der Waals surface area contributed by atoms with Crippen molar-refractivity contribution in [3.05, 3.63) is 29.6 Å². The molecule has 0 aromatic heterocycles. The minimum atomic E-state index is -0.221. The Hall–Kier alpha value is -1.09. The number of rotatable bonds is 4. The summed E-state index contributed by atoms with van der Waals surface area (Å²) in [5.41, 5.74) is 1.58. The van der Waals surface area contributed by atoms with Gasteiger partial charge < -0.3 is 10.1 Å². The van der Waals surface area contributed by atoms with E-state index in [1.165, 1.54) is 6.07 Å². The molecule has 1 rings (SSSR count). The molecule has 0 bridgehead atoms. The van der Waals surface area contributed by atoms with Crippen LogP contribution in [0.1, 0.15) is 5.56 Å². The maximum Gasteiger partial charge on any atom is 0.146 e. The second-order valence-corrected chi connectivity index (χ2v) is 2.90.